The third kappa shape index (κ3) is 3.82. The van der Waals surface area contributed by atoms with Crippen molar-refractivity contribution in [1.29, 1.82) is 0 Å². The molecule has 1 saturated heterocycles. The Labute approximate surface area is 151 Å². The SMILES string of the molecule is O=C(O)[C@@H]1CN(C(=O)Nc2cccc(-c3cccs3)c2)C[C@H]1C(F)(F)F. The van der Waals surface area contributed by atoms with E-state index in [0.717, 1.165) is 15.3 Å². The monoisotopic (exact) mass is 384 g/mol. The number of thiophene rings is 1. The van der Waals surface area contributed by atoms with E-state index in [2.05, 4.69) is 5.32 Å². The number of hydrogen-bond donors (Lipinski definition) is 2. The molecule has 1 aromatic heterocycles. The number of halogens is 3. The van der Waals surface area contributed by atoms with Gasteiger partial charge in [-0.25, -0.2) is 4.79 Å². The summed E-state index contributed by atoms with van der Waals surface area (Å²) in [5.74, 6) is -5.27. The lowest BCUT2D eigenvalue weighted by Gasteiger charge is -2.19. The molecule has 1 fully saturated rings. The Hall–Kier alpha value is -2.55. The lowest BCUT2D eigenvalue weighted by molar-refractivity contribution is -0.187. The molecule has 3 rings (SSSR count). The van der Waals surface area contributed by atoms with E-state index in [-0.39, 0.29) is 0 Å². The van der Waals surface area contributed by atoms with Crippen LogP contribution in [-0.2, 0) is 4.79 Å². The highest BCUT2D eigenvalue weighted by atomic mass is 32.1. The molecule has 0 saturated carbocycles. The Morgan fingerprint density at radius 3 is 2.54 bits per heavy atom. The Kier molecular flexibility index (Phi) is 4.90. The van der Waals surface area contributed by atoms with Gasteiger partial charge in [-0.05, 0) is 29.1 Å². The van der Waals surface area contributed by atoms with Crippen LogP contribution < -0.4 is 5.32 Å². The number of hydrogen-bond acceptors (Lipinski definition) is 3. The fourth-order valence-corrected chi connectivity index (χ4v) is 3.67. The van der Waals surface area contributed by atoms with Gasteiger partial charge in [0.05, 0.1) is 11.8 Å². The van der Waals surface area contributed by atoms with Crippen LogP contribution in [0.5, 0.6) is 0 Å². The molecule has 2 heterocycles. The number of aliphatic carboxylic acids is 1. The van der Waals surface area contributed by atoms with Gasteiger partial charge in [0.15, 0.2) is 0 Å². The predicted octanol–water partition coefficient (Wildman–Crippen LogP) is 4.14. The molecule has 2 aromatic rings. The quantitative estimate of drug-likeness (QED) is 0.836. The number of benzene rings is 1. The Bertz CT molecular complexity index is 808. The van der Waals surface area contributed by atoms with Crippen molar-refractivity contribution in [3.05, 3.63) is 41.8 Å². The van der Waals surface area contributed by atoms with Gasteiger partial charge in [0.25, 0.3) is 0 Å². The van der Waals surface area contributed by atoms with Gasteiger partial charge < -0.3 is 15.3 Å². The maximum atomic E-state index is 13.0. The molecule has 0 unspecified atom stereocenters. The summed E-state index contributed by atoms with van der Waals surface area (Å²) in [5.41, 5.74) is 1.30. The third-order valence-corrected chi connectivity index (χ3v) is 5.18. The molecule has 138 valence electrons. The van der Waals surface area contributed by atoms with Crippen LogP contribution in [0.2, 0.25) is 0 Å². The topological polar surface area (TPSA) is 69.6 Å². The molecule has 9 heteroatoms. The summed E-state index contributed by atoms with van der Waals surface area (Å²) in [4.78, 5) is 25.3. The summed E-state index contributed by atoms with van der Waals surface area (Å²) < 4.78 is 39.1. The highest BCUT2D eigenvalue weighted by molar-refractivity contribution is 7.13. The van der Waals surface area contributed by atoms with Crippen molar-refractivity contribution in [1.82, 2.24) is 4.90 Å². The normalized spacial score (nSPS) is 20.2. The molecule has 0 radical (unpaired) electrons. The van der Waals surface area contributed by atoms with Crippen molar-refractivity contribution in [2.75, 3.05) is 18.4 Å². The highest BCUT2D eigenvalue weighted by Crippen LogP contribution is 2.38. The molecule has 26 heavy (non-hydrogen) atoms. The van der Waals surface area contributed by atoms with Gasteiger partial charge >= 0.3 is 18.2 Å². The van der Waals surface area contributed by atoms with Crippen molar-refractivity contribution < 1.29 is 27.9 Å². The molecular formula is C17H15F3N2O3S. The number of alkyl halides is 3. The van der Waals surface area contributed by atoms with Crippen LogP contribution in [0.3, 0.4) is 0 Å². The standard InChI is InChI=1S/C17H15F3N2O3S/c18-17(19,20)13-9-22(8-12(13)15(23)24)16(25)21-11-4-1-3-10(7-11)14-5-2-6-26-14/h1-7,12-13H,8-9H2,(H,21,25)(H,23,24)/t12-,13-/m1/s1. The number of nitrogens with one attached hydrogen (secondary N) is 1. The Morgan fingerprint density at radius 2 is 1.96 bits per heavy atom. The zero-order chi connectivity index (χ0) is 18.9. The van der Waals surface area contributed by atoms with E-state index in [0.29, 0.717) is 5.69 Å². The zero-order valence-corrected chi connectivity index (χ0v) is 14.2. The first-order valence-electron chi connectivity index (χ1n) is 7.75. The van der Waals surface area contributed by atoms with E-state index in [4.69, 9.17) is 5.11 Å². The number of anilines is 1. The Morgan fingerprint density at radius 1 is 1.19 bits per heavy atom. The fraction of sp³-hybridized carbons (Fsp3) is 0.294. The smallest absolute Gasteiger partial charge is 0.394 e. The molecule has 5 nitrogen and oxygen atoms in total. The van der Waals surface area contributed by atoms with Crippen LogP contribution in [-0.4, -0.2) is 41.3 Å². The summed E-state index contributed by atoms with van der Waals surface area (Å²) in [6.45, 7) is -1.15. The van der Waals surface area contributed by atoms with Gasteiger partial charge in [-0.2, -0.15) is 13.2 Å². The maximum absolute atomic E-state index is 13.0. The summed E-state index contributed by atoms with van der Waals surface area (Å²) in [6.07, 6.45) is -4.67. The second-order valence-electron chi connectivity index (χ2n) is 5.99. The molecule has 2 N–H and O–H groups in total. The van der Waals surface area contributed by atoms with Gasteiger partial charge in [0, 0.05) is 23.7 Å². The molecule has 0 aliphatic carbocycles. The minimum Gasteiger partial charge on any atom is -0.481 e. The van der Waals surface area contributed by atoms with Crippen LogP contribution in [0.15, 0.2) is 41.8 Å². The van der Waals surface area contributed by atoms with Crippen molar-refractivity contribution in [2.24, 2.45) is 11.8 Å². The number of amides is 2. The number of carboxylic acids is 1. The minimum absolute atomic E-state index is 0.434. The van der Waals surface area contributed by atoms with E-state index < -0.39 is 43.1 Å². The number of urea groups is 1. The lowest BCUT2D eigenvalue weighted by Crippen LogP contribution is -2.35. The van der Waals surface area contributed by atoms with Crippen LogP contribution in [0.25, 0.3) is 10.4 Å². The van der Waals surface area contributed by atoms with Crippen LogP contribution in [0, 0.1) is 11.8 Å². The number of carboxylic acid groups (broad SMARTS) is 1. The number of rotatable bonds is 3. The second kappa shape index (κ2) is 6.99. The Balaban J connectivity index is 1.73. The highest BCUT2D eigenvalue weighted by Gasteiger charge is 2.53. The first-order chi connectivity index (χ1) is 12.3. The van der Waals surface area contributed by atoms with Crippen molar-refractivity contribution in [2.45, 2.75) is 6.18 Å². The number of likely N-dealkylation sites (tertiary alicyclic amines) is 1. The lowest BCUT2D eigenvalue weighted by atomic mass is 9.96. The molecule has 1 aromatic carbocycles. The van der Waals surface area contributed by atoms with E-state index in [9.17, 15) is 22.8 Å². The van der Waals surface area contributed by atoms with E-state index in [1.807, 2.05) is 23.6 Å². The minimum atomic E-state index is -4.67. The van der Waals surface area contributed by atoms with Crippen molar-refractivity contribution in [3.63, 3.8) is 0 Å². The average Bonchev–Trinajstić information content (AvgIpc) is 3.24. The number of carbonyl (C=O) groups is 2. The third-order valence-electron chi connectivity index (χ3n) is 4.26. The second-order valence-corrected chi connectivity index (χ2v) is 6.93. The molecule has 0 bridgehead atoms. The van der Waals surface area contributed by atoms with Gasteiger partial charge in [-0.15, -0.1) is 11.3 Å². The molecular weight excluding hydrogens is 369 g/mol. The molecule has 1 aliphatic heterocycles. The molecule has 1 aliphatic rings. The zero-order valence-electron chi connectivity index (χ0n) is 13.4. The van der Waals surface area contributed by atoms with Crippen molar-refractivity contribution in [3.8, 4) is 10.4 Å². The van der Waals surface area contributed by atoms with Crippen LogP contribution >= 0.6 is 11.3 Å². The van der Waals surface area contributed by atoms with Gasteiger partial charge in [0.2, 0.25) is 0 Å². The van der Waals surface area contributed by atoms with Crippen LogP contribution in [0.1, 0.15) is 0 Å². The van der Waals surface area contributed by atoms with E-state index >= 15 is 0 Å². The summed E-state index contributed by atoms with van der Waals surface area (Å²) in [7, 11) is 0. The van der Waals surface area contributed by atoms with Crippen LogP contribution in [0.4, 0.5) is 23.7 Å². The van der Waals surface area contributed by atoms with Gasteiger partial charge in [0.1, 0.15) is 0 Å². The first-order valence-corrected chi connectivity index (χ1v) is 8.63. The van der Waals surface area contributed by atoms with Crippen molar-refractivity contribution >= 4 is 29.0 Å². The first kappa shape index (κ1) is 18.2. The average molecular weight is 384 g/mol. The summed E-state index contributed by atoms with van der Waals surface area (Å²) in [5, 5.41) is 13.5. The number of carbonyl (C=O) groups excluding carboxylic acids is 1. The molecule has 2 atom stereocenters. The molecule has 0 spiro atoms. The maximum Gasteiger partial charge on any atom is 0.394 e. The van der Waals surface area contributed by atoms with E-state index in [1.54, 1.807) is 18.2 Å². The largest absolute Gasteiger partial charge is 0.481 e. The summed E-state index contributed by atoms with van der Waals surface area (Å²) >= 11 is 1.52. The van der Waals surface area contributed by atoms with E-state index in [1.165, 1.54) is 11.3 Å². The summed E-state index contributed by atoms with van der Waals surface area (Å²) in [6, 6.07) is 9.99. The number of nitrogens with zero attached hydrogens (tertiary/aromatic N) is 1. The predicted molar refractivity (Wildman–Crippen MR) is 91.0 cm³/mol. The molecule has 2 amide bonds. The fourth-order valence-electron chi connectivity index (χ4n) is 2.95. The van der Waals surface area contributed by atoms with Gasteiger partial charge in [-0.3, -0.25) is 4.79 Å². The van der Waals surface area contributed by atoms with Gasteiger partial charge in [-0.1, -0.05) is 18.2 Å².